The first kappa shape index (κ1) is 22.0. The van der Waals surface area contributed by atoms with Crippen LogP contribution in [-0.2, 0) is 17.8 Å². The van der Waals surface area contributed by atoms with E-state index in [-0.39, 0.29) is 23.9 Å². The molecular formula is C24H26N4O3. The van der Waals surface area contributed by atoms with Crippen molar-refractivity contribution in [1.82, 2.24) is 14.5 Å². The van der Waals surface area contributed by atoms with Crippen LogP contribution in [0.15, 0.2) is 71.9 Å². The molecule has 0 bridgehead atoms. The lowest BCUT2D eigenvalue weighted by Crippen LogP contribution is -2.32. The zero-order chi connectivity index (χ0) is 22.2. The van der Waals surface area contributed by atoms with Crippen LogP contribution in [0.1, 0.15) is 28.4 Å². The Morgan fingerprint density at radius 2 is 1.74 bits per heavy atom. The summed E-state index contributed by atoms with van der Waals surface area (Å²) in [5.41, 5.74) is 2.94. The number of pyridine rings is 2. The Kier molecular flexibility index (Phi) is 7.32. The summed E-state index contributed by atoms with van der Waals surface area (Å²) in [7, 11) is 0. The Morgan fingerprint density at radius 1 is 1.03 bits per heavy atom. The van der Waals surface area contributed by atoms with E-state index < -0.39 is 0 Å². The van der Waals surface area contributed by atoms with Crippen molar-refractivity contribution in [1.29, 1.82) is 0 Å². The van der Waals surface area contributed by atoms with Crippen molar-refractivity contribution in [3.8, 4) is 0 Å². The molecule has 3 aromatic rings. The molecule has 7 nitrogen and oxygen atoms in total. The van der Waals surface area contributed by atoms with Crippen LogP contribution in [0, 0.1) is 6.92 Å². The molecule has 3 rings (SSSR count). The van der Waals surface area contributed by atoms with Crippen LogP contribution in [0.5, 0.6) is 0 Å². The number of amides is 2. The fourth-order valence-electron chi connectivity index (χ4n) is 3.23. The van der Waals surface area contributed by atoms with E-state index in [9.17, 15) is 14.4 Å². The first-order chi connectivity index (χ1) is 15.0. The molecule has 7 heteroatoms. The molecule has 2 heterocycles. The molecule has 0 spiro atoms. The van der Waals surface area contributed by atoms with E-state index in [2.05, 4.69) is 10.3 Å². The van der Waals surface area contributed by atoms with E-state index in [0.717, 1.165) is 17.5 Å². The number of hydrogen-bond acceptors (Lipinski definition) is 4. The van der Waals surface area contributed by atoms with Crippen LogP contribution in [0.4, 0.5) is 5.69 Å². The van der Waals surface area contributed by atoms with Crippen LogP contribution in [0.3, 0.4) is 0 Å². The molecule has 160 valence electrons. The first-order valence-corrected chi connectivity index (χ1v) is 10.2. The van der Waals surface area contributed by atoms with Crippen molar-refractivity contribution in [2.24, 2.45) is 0 Å². The number of benzene rings is 1. The monoisotopic (exact) mass is 418 g/mol. The zero-order valence-electron chi connectivity index (χ0n) is 17.7. The number of carbonyl (C=O) groups is 2. The van der Waals surface area contributed by atoms with Crippen molar-refractivity contribution in [2.45, 2.75) is 26.8 Å². The predicted molar refractivity (Wildman–Crippen MR) is 120 cm³/mol. The third-order valence-corrected chi connectivity index (χ3v) is 4.95. The molecule has 1 aromatic carbocycles. The number of nitrogens with one attached hydrogen (secondary N) is 1. The lowest BCUT2D eigenvalue weighted by atomic mass is 10.1. The van der Waals surface area contributed by atoms with Gasteiger partial charge in [-0.3, -0.25) is 19.4 Å². The van der Waals surface area contributed by atoms with Crippen molar-refractivity contribution in [3.63, 3.8) is 0 Å². The summed E-state index contributed by atoms with van der Waals surface area (Å²) >= 11 is 0. The van der Waals surface area contributed by atoms with Gasteiger partial charge >= 0.3 is 0 Å². The van der Waals surface area contributed by atoms with Crippen molar-refractivity contribution < 1.29 is 9.59 Å². The molecule has 2 aromatic heterocycles. The van der Waals surface area contributed by atoms with E-state index in [1.54, 1.807) is 53.8 Å². The maximum Gasteiger partial charge on any atom is 0.253 e. The van der Waals surface area contributed by atoms with Gasteiger partial charge in [0.05, 0.1) is 0 Å². The summed E-state index contributed by atoms with van der Waals surface area (Å²) in [6.45, 7) is 4.96. The minimum absolute atomic E-state index is 0.0549. The Morgan fingerprint density at radius 3 is 2.42 bits per heavy atom. The third-order valence-electron chi connectivity index (χ3n) is 4.95. The summed E-state index contributed by atoms with van der Waals surface area (Å²) in [4.78, 5) is 42.8. The lowest BCUT2D eigenvalue weighted by Gasteiger charge is -2.21. The maximum absolute atomic E-state index is 12.8. The molecule has 31 heavy (non-hydrogen) atoms. The predicted octanol–water partition coefficient (Wildman–Crippen LogP) is 2.90. The first-order valence-electron chi connectivity index (χ1n) is 10.2. The van der Waals surface area contributed by atoms with E-state index in [0.29, 0.717) is 24.3 Å². The van der Waals surface area contributed by atoms with Gasteiger partial charge in [0.25, 0.3) is 11.5 Å². The van der Waals surface area contributed by atoms with Gasteiger partial charge in [0.1, 0.15) is 6.54 Å². The van der Waals surface area contributed by atoms with Gasteiger partial charge in [0.2, 0.25) is 5.91 Å². The highest BCUT2D eigenvalue weighted by atomic mass is 16.2. The average Bonchev–Trinajstić information content (AvgIpc) is 2.78. The quantitative estimate of drug-likeness (QED) is 0.610. The molecule has 0 aliphatic heterocycles. The molecule has 0 unspecified atom stereocenters. The molecule has 0 radical (unpaired) electrons. The minimum atomic E-state index is -0.306. The molecule has 1 N–H and O–H groups in total. The number of rotatable bonds is 8. The number of carbonyl (C=O) groups excluding carboxylic acids is 2. The third kappa shape index (κ3) is 6.12. The van der Waals surface area contributed by atoms with Crippen LogP contribution in [0.2, 0.25) is 0 Å². The van der Waals surface area contributed by atoms with Gasteiger partial charge < -0.3 is 14.8 Å². The van der Waals surface area contributed by atoms with E-state index in [1.165, 1.54) is 10.6 Å². The highest BCUT2D eigenvalue weighted by Crippen LogP contribution is 2.13. The van der Waals surface area contributed by atoms with Crippen molar-refractivity contribution >= 4 is 17.5 Å². The molecule has 0 saturated carbocycles. The fourth-order valence-corrected chi connectivity index (χ4v) is 3.23. The SMILES string of the molecule is CCN(CCc1ccncc1)C(=O)c1ccc(NC(=O)Cn2cc(C)ccc2=O)cc1. The largest absolute Gasteiger partial charge is 0.339 e. The number of aryl methyl sites for hydroxylation is 1. The van der Waals surface area contributed by atoms with Gasteiger partial charge in [0.15, 0.2) is 0 Å². The number of nitrogens with zero attached hydrogens (tertiary/aromatic N) is 3. The normalized spacial score (nSPS) is 10.5. The molecule has 0 fully saturated rings. The molecule has 2 amide bonds. The highest BCUT2D eigenvalue weighted by Gasteiger charge is 2.14. The summed E-state index contributed by atoms with van der Waals surface area (Å²) in [5, 5.41) is 2.76. The molecular weight excluding hydrogens is 392 g/mol. The highest BCUT2D eigenvalue weighted by molar-refractivity contribution is 5.95. The molecule has 0 atom stereocenters. The van der Waals surface area contributed by atoms with Crippen LogP contribution >= 0.6 is 0 Å². The van der Waals surface area contributed by atoms with Gasteiger partial charge in [-0.1, -0.05) is 6.07 Å². The standard InChI is InChI=1S/C24H26N4O3/c1-3-27(15-12-19-10-13-25-14-11-19)24(31)20-5-7-21(8-6-20)26-22(29)17-28-16-18(2)4-9-23(28)30/h4-11,13-14,16H,3,12,15,17H2,1-2H3,(H,26,29). The van der Waals surface area contributed by atoms with Crippen molar-refractivity contribution in [3.05, 3.63) is 94.2 Å². The van der Waals surface area contributed by atoms with Gasteiger partial charge in [-0.15, -0.1) is 0 Å². The molecule has 0 aliphatic carbocycles. The summed E-state index contributed by atoms with van der Waals surface area (Å²) < 4.78 is 1.37. The summed E-state index contributed by atoms with van der Waals surface area (Å²) in [5.74, 6) is -0.361. The van der Waals surface area contributed by atoms with Crippen LogP contribution < -0.4 is 10.9 Å². The summed E-state index contributed by atoms with van der Waals surface area (Å²) in [6.07, 6.45) is 5.90. The number of hydrogen-bond donors (Lipinski definition) is 1. The number of aromatic nitrogens is 2. The van der Waals surface area contributed by atoms with Gasteiger partial charge in [-0.05, 0) is 67.8 Å². The Labute approximate surface area is 181 Å². The van der Waals surface area contributed by atoms with E-state index in [4.69, 9.17) is 0 Å². The average molecular weight is 418 g/mol. The second-order valence-electron chi connectivity index (χ2n) is 7.29. The second-order valence-corrected chi connectivity index (χ2v) is 7.29. The smallest absolute Gasteiger partial charge is 0.253 e. The van der Waals surface area contributed by atoms with E-state index in [1.807, 2.05) is 26.0 Å². The molecule has 0 saturated heterocycles. The van der Waals surface area contributed by atoms with Crippen molar-refractivity contribution in [2.75, 3.05) is 18.4 Å². The lowest BCUT2D eigenvalue weighted by molar-refractivity contribution is -0.116. The molecule has 0 aliphatic rings. The Bertz CT molecular complexity index is 1090. The van der Waals surface area contributed by atoms with Gasteiger partial charge in [-0.2, -0.15) is 0 Å². The number of anilines is 1. The summed E-state index contributed by atoms with van der Waals surface area (Å²) in [6, 6.07) is 13.8. The Hall–Kier alpha value is -3.74. The topological polar surface area (TPSA) is 84.3 Å². The van der Waals surface area contributed by atoms with Gasteiger partial charge in [0, 0.05) is 49.0 Å². The van der Waals surface area contributed by atoms with Crippen LogP contribution in [-0.4, -0.2) is 39.4 Å². The minimum Gasteiger partial charge on any atom is -0.339 e. The number of likely N-dealkylation sites (N-methyl/N-ethyl adjacent to an activating group) is 1. The van der Waals surface area contributed by atoms with E-state index >= 15 is 0 Å². The Balaban J connectivity index is 1.59. The zero-order valence-corrected chi connectivity index (χ0v) is 17.7. The second kappa shape index (κ2) is 10.3. The fraction of sp³-hybridized carbons (Fsp3) is 0.250. The van der Waals surface area contributed by atoms with Crippen LogP contribution in [0.25, 0.3) is 0 Å². The maximum atomic E-state index is 12.8. The van der Waals surface area contributed by atoms with Gasteiger partial charge in [-0.25, -0.2) is 0 Å².